The number of unbranched alkanes of at least 4 members (excludes halogenated alkanes) is 6. The van der Waals surface area contributed by atoms with Gasteiger partial charge in [-0.1, -0.05) is 52.4 Å². The Balaban J connectivity index is 4.30. The molecule has 0 heterocycles. The van der Waals surface area contributed by atoms with Crippen LogP contribution in [0.1, 0.15) is 71.6 Å². The lowest BCUT2D eigenvalue weighted by molar-refractivity contribution is -0.0650. The third kappa shape index (κ3) is 11.5. The van der Waals surface area contributed by atoms with Crippen LogP contribution >= 0.6 is 7.60 Å². The molecule has 5 nitrogen and oxygen atoms in total. The van der Waals surface area contributed by atoms with Gasteiger partial charge in [-0.3, -0.25) is 4.57 Å². The minimum Gasteiger partial charge on any atom is -0.379 e. The molecule has 0 aromatic rings. The average Bonchev–Trinajstić information content (AvgIpc) is 2.48. The SMILES string of the molecule is CCCCCCOC[C@H](CC(F)(F)P(=O)(O)O)OCCCCCC. The topological polar surface area (TPSA) is 76.0 Å². The smallest absolute Gasteiger partial charge is 0.379 e. The van der Waals surface area contributed by atoms with Crippen LogP contribution in [0.2, 0.25) is 0 Å². The zero-order valence-corrected chi connectivity index (χ0v) is 15.8. The average molecular weight is 374 g/mol. The first-order valence-electron chi connectivity index (χ1n) is 8.87. The van der Waals surface area contributed by atoms with E-state index in [4.69, 9.17) is 19.3 Å². The van der Waals surface area contributed by atoms with Gasteiger partial charge in [0.2, 0.25) is 0 Å². The summed E-state index contributed by atoms with van der Waals surface area (Å²) in [5.74, 6) is 0. The Labute approximate surface area is 144 Å². The van der Waals surface area contributed by atoms with Crippen LogP contribution in [0.3, 0.4) is 0 Å². The second-order valence-corrected chi connectivity index (χ2v) is 7.85. The molecule has 0 amide bonds. The summed E-state index contributed by atoms with van der Waals surface area (Å²) in [4.78, 5) is 17.5. The zero-order valence-electron chi connectivity index (χ0n) is 14.9. The van der Waals surface area contributed by atoms with Gasteiger partial charge in [0.25, 0.3) is 0 Å². The molecule has 0 unspecified atom stereocenters. The molecular weight excluding hydrogens is 341 g/mol. The van der Waals surface area contributed by atoms with Crippen LogP contribution in [-0.4, -0.2) is 41.4 Å². The van der Waals surface area contributed by atoms with Crippen molar-refractivity contribution in [3.63, 3.8) is 0 Å². The molecule has 8 heteroatoms. The van der Waals surface area contributed by atoms with Crippen LogP contribution in [0.25, 0.3) is 0 Å². The second kappa shape index (κ2) is 13.2. The molecule has 0 aliphatic heterocycles. The highest BCUT2D eigenvalue weighted by molar-refractivity contribution is 7.53. The van der Waals surface area contributed by atoms with Crippen LogP contribution in [0, 0.1) is 0 Å². The summed E-state index contributed by atoms with van der Waals surface area (Å²) in [6.45, 7) is 4.82. The third-order valence-electron chi connectivity index (χ3n) is 3.70. The summed E-state index contributed by atoms with van der Waals surface area (Å²) >= 11 is 0. The van der Waals surface area contributed by atoms with Crippen LogP contribution in [0.15, 0.2) is 0 Å². The number of halogens is 2. The van der Waals surface area contributed by atoms with Crippen LogP contribution in [0.5, 0.6) is 0 Å². The molecule has 0 saturated heterocycles. The van der Waals surface area contributed by atoms with Crippen molar-refractivity contribution in [1.29, 1.82) is 0 Å². The minimum absolute atomic E-state index is 0.0739. The molecule has 0 aliphatic carbocycles. The lowest BCUT2D eigenvalue weighted by Crippen LogP contribution is -2.30. The molecule has 2 N–H and O–H groups in total. The first kappa shape index (κ1) is 23.9. The number of alkyl halides is 2. The van der Waals surface area contributed by atoms with Gasteiger partial charge in [0.15, 0.2) is 0 Å². The van der Waals surface area contributed by atoms with E-state index in [1.54, 1.807) is 0 Å². The lowest BCUT2D eigenvalue weighted by atomic mass is 10.2. The highest BCUT2D eigenvalue weighted by atomic mass is 31.2. The molecule has 146 valence electrons. The van der Waals surface area contributed by atoms with Crippen LogP contribution < -0.4 is 0 Å². The molecule has 1 atom stereocenters. The van der Waals surface area contributed by atoms with Crippen molar-refractivity contribution in [2.75, 3.05) is 19.8 Å². The van der Waals surface area contributed by atoms with Gasteiger partial charge in [0.1, 0.15) is 0 Å². The Kier molecular flexibility index (Phi) is 13.1. The fraction of sp³-hybridized carbons (Fsp3) is 1.00. The third-order valence-corrected chi connectivity index (χ3v) is 4.73. The van der Waals surface area contributed by atoms with E-state index in [2.05, 4.69) is 13.8 Å². The molecule has 24 heavy (non-hydrogen) atoms. The van der Waals surface area contributed by atoms with Crippen LogP contribution in [0.4, 0.5) is 8.78 Å². The monoisotopic (exact) mass is 374 g/mol. The van der Waals surface area contributed by atoms with Crippen molar-refractivity contribution in [3.8, 4) is 0 Å². The second-order valence-electron chi connectivity index (χ2n) is 6.10. The summed E-state index contributed by atoms with van der Waals surface area (Å²) in [5, 5.41) is 0. The van der Waals surface area contributed by atoms with Crippen molar-refractivity contribution in [2.45, 2.75) is 83.4 Å². The molecule has 0 aliphatic rings. The van der Waals surface area contributed by atoms with Crippen molar-refractivity contribution >= 4 is 7.60 Å². The van der Waals surface area contributed by atoms with Gasteiger partial charge in [-0.15, -0.1) is 0 Å². The molecular formula is C16H33F2O5P. The fourth-order valence-electron chi connectivity index (χ4n) is 2.18. The quantitative estimate of drug-likeness (QED) is 0.302. The van der Waals surface area contributed by atoms with Gasteiger partial charge in [-0.2, -0.15) is 8.78 Å². The molecule has 0 aromatic heterocycles. The Morgan fingerprint density at radius 1 is 0.958 bits per heavy atom. The first-order valence-corrected chi connectivity index (χ1v) is 10.5. The van der Waals surface area contributed by atoms with Gasteiger partial charge in [-0.05, 0) is 12.8 Å². The number of rotatable bonds is 16. The minimum atomic E-state index is -5.49. The number of hydrogen-bond donors (Lipinski definition) is 2. The molecule has 0 bridgehead atoms. The standard InChI is InChI=1S/C16H33F2O5P/c1-3-5-7-9-11-22-14-15(23-12-10-8-6-4-2)13-16(17,18)24(19,20)21/h15H,3-14H2,1-2H3,(H2,19,20,21)/t15-/m0/s1. The Morgan fingerprint density at radius 2 is 1.50 bits per heavy atom. The summed E-state index contributed by atoms with van der Waals surface area (Å²) < 4.78 is 48.8. The Hall–Kier alpha value is -0.0700. The van der Waals surface area contributed by atoms with E-state index < -0.39 is 25.8 Å². The summed E-state index contributed by atoms with van der Waals surface area (Å²) in [6.07, 6.45) is 5.78. The molecule has 0 saturated carbocycles. The maximum Gasteiger partial charge on any atom is 0.394 e. The largest absolute Gasteiger partial charge is 0.394 e. The predicted octanol–water partition coefficient (Wildman–Crippen LogP) is 4.71. The van der Waals surface area contributed by atoms with Crippen LogP contribution in [-0.2, 0) is 14.0 Å². The van der Waals surface area contributed by atoms with E-state index in [1.165, 1.54) is 0 Å². The highest BCUT2D eigenvalue weighted by Gasteiger charge is 2.50. The van der Waals surface area contributed by atoms with E-state index in [-0.39, 0.29) is 6.61 Å². The normalized spacial score (nSPS) is 14.1. The van der Waals surface area contributed by atoms with E-state index in [9.17, 15) is 13.3 Å². The van der Waals surface area contributed by atoms with Crippen molar-refractivity contribution < 1.29 is 32.6 Å². The van der Waals surface area contributed by atoms with E-state index in [0.717, 1.165) is 51.4 Å². The predicted molar refractivity (Wildman–Crippen MR) is 90.5 cm³/mol. The van der Waals surface area contributed by atoms with Gasteiger partial charge >= 0.3 is 13.3 Å². The molecule has 0 aromatic carbocycles. The molecule has 0 spiro atoms. The van der Waals surface area contributed by atoms with Gasteiger partial charge < -0.3 is 19.3 Å². The molecule has 0 radical (unpaired) electrons. The Morgan fingerprint density at radius 3 is 2.00 bits per heavy atom. The van der Waals surface area contributed by atoms with Gasteiger partial charge in [-0.25, -0.2) is 0 Å². The molecule has 0 rings (SSSR count). The van der Waals surface area contributed by atoms with E-state index in [1.807, 2.05) is 0 Å². The first-order chi connectivity index (χ1) is 11.2. The van der Waals surface area contributed by atoms with Gasteiger partial charge in [0, 0.05) is 13.2 Å². The maximum absolute atomic E-state index is 13.6. The Bertz CT molecular complexity index is 349. The van der Waals surface area contributed by atoms with E-state index in [0.29, 0.717) is 13.2 Å². The fourth-order valence-corrected chi connectivity index (χ4v) is 2.62. The van der Waals surface area contributed by atoms with Crippen molar-refractivity contribution in [2.24, 2.45) is 0 Å². The van der Waals surface area contributed by atoms with Crippen molar-refractivity contribution in [3.05, 3.63) is 0 Å². The van der Waals surface area contributed by atoms with E-state index >= 15 is 0 Å². The zero-order chi connectivity index (χ0) is 18.5. The highest BCUT2D eigenvalue weighted by Crippen LogP contribution is 2.55. The summed E-state index contributed by atoms with van der Waals surface area (Å²) in [7, 11) is -5.49. The number of ether oxygens (including phenoxy) is 2. The molecule has 0 fully saturated rings. The summed E-state index contributed by atoms with van der Waals surface area (Å²) in [5.41, 5.74) is -4.09. The summed E-state index contributed by atoms with van der Waals surface area (Å²) in [6, 6.07) is 0. The van der Waals surface area contributed by atoms with Gasteiger partial charge in [0.05, 0.1) is 19.1 Å². The number of hydrogen-bond acceptors (Lipinski definition) is 3. The van der Waals surface area contributed by atoms with Crippen molar-refractivity contribution in [1.82, 2.24) is 0 Å². The maximum atomic E-state index is 13.6. The lowest BCUT2D eigenvalue weighted by Gasteiger charge is -2.24.